The van der Waals surface area contributed by atoms with E-state index in [1.54, 1.807) is 0 Å². The molecule has 0 atom stereocenters. The number of benzene rings is 1. The van der Waals surface area contributed by atoms with Crippen LogP contribution < -0.4 is 0 Å². The summed E-state index contributed by atoms with van der Waals surface area (Å²) < 4.78 is 1.25. The molecule has 1 radical (unpaired) electrons. The standard InChI is InChI=1S/C10H12I/c1-10(2,3)8-4-6-9(11)7-5-8/h4,6-7H,1-3H3. The second-order valence-electron chi connectivity index (χ2n) is 3.67. The van der Waals surface area contributed by atoms with Gasteiger partial charge in [-0.05, 0) is 51.8 Å². The van der Waals surface area contributed by atoms with Crippen LogP contribution in [0.25, 0.3) is 0 Å². The second-order valence-corrected chi connectivity index (χ2v) is 4.92. The van der Waals surface area contributed by atoms with Gasteiger partial charge in [0.05, 0.1) is 0 Å². The van der Waals surface area contributed by atoms with Crippen molar-refractivity contribution in [2.45, 2.75) is 26.2 Å². The van der Waals surface area contributed by atoms with Crippen LogP contribution in [0.1, 0.15) is 26.3 Å². The highest BCUT2D eigenvalue weighted by atomic mass is 127. The molecule has 1 rings (SSSR count). The van der Waals surface area contributed by atoms with Gasteiger partial charge in [0.25, 0.3) is 0 Å². The van der Waals surface area contributed by atoms with E-state index < -0.39 is 0 Å². The fourth-order valence-electron chi connectivity index (χ4n) is 0.872. The minimum absolute atomic E-state index is 0.227. The van der Waals surface area contributed by atoms with Crippen molar-refractivity contribution < 1.29 is 0 Å². The summed E-state index contributed by atoms with van der Waals surface area (Å²) in [4.78, 5) is 0. The van der Waals surface area contributed by atoms with Crippen molar-refractivity contribution in [3.05, 3.63) is 33.4 Å². The highest BCUT2D eigenvalue weighted by molar-refractivity contribution is 14.1. The molecule has 0 spiro atoms. The minimum atomic E-state index is 0.227. The van der Waals surface area contributed by atoms with Crippen LogP contribution in [0.15, 0.2) is 18.2 Å². The fourth-order valence-corrected chi connectivity index (χ4v) is 1.21. The molecule has 0 heterocycles. The normalized spacial score (nSPS) is 11.6. The summed E-state index contributed by atoms with van der Waals surface area (Å²) in [5.41, 5.74) is 1.50. The van der Waals surface area contributed by atoms with Crippen molar-refractivity contribution in [2.24, 2.45) is 0 Å². The Morgan fingerprint density at radius 1 is 1.27 bits per heavy atom. The molecule has 1 aromatic rings. The van der Waals surface area contributed by atoms with Crippen LogP contribution >= 0.6 is 22.6 Å². The Morgan fingerprint density at radius 2 is 1.91 bits per heavy atom. The quantitative estimate of drug-likeness (QED) is 0.626. The van der Waals surface area contributed by atoms with Crippen LogP contribution in [0, 0.1) is 9.64 Å². The molecule has 0 bridgehead atoms. The first-order chi connectivity index (χ1) is 5.00. The first-order valence-electron chi connectivity index (χ1n) is 3.68. The van der Waals surface area contributed by atoms with Crippen LogP contribution in [0.4, 0.5) is 0 Å². The predicted octanol–water partition coefficient (Wildman–Crippen LogP) is 3.39. The minimum Gasteiger partial charge on any atom is -0.0568 e. The van der Waals surface area contributed by atoms with Crippen molar-refractivity contribution in [3.63, 3.8) is 0 Å². The van der Waals surface area contributed by atoms with E-state index in [1.807, 2.05) is 6.07 Å². The zero-order chi connectivity index (χ0) is 8.48. The van der Waals surface area contributed by atoms with E-state index in [-0.39, 0.29) is 5.41 Å². The Balaban J connectivity index is 2.99. The lowest BCUT2D eigenvalue weighted by Crippen LogP contribution is -2.10. The van der Waals surface area contributed by atoms with E-state index in [9.17, 15) is 0 Å². The Bertz CT molecular complexity index is 228. The van der Waals surface area contributed by atoms with Crippen LogP contribution in [-0.2, 0) is 5.41 Å². The molecule has 0 nitrogen and oxygen atoms in total. The van der Waals surface area contributed by atoms with Crippen molar-refractivity contribution >= 4 is 22.6 Å². The molecule has 1 aromatic carbocycles. The predicted molar refractivity (Wildman–Crippen MR) is 56.7 cm³/mol. The molecule has 0 N–H and O–H groups in total. The van der Waals surface area contributed by atoms with E-state index in [0.717, 1.165) is 0 Å². The lowest BCUT2D eigenvalue weighted by molar-refractivity contribution is 0.589. The molecule has 0 saturated heterocycles. The number of rotatable bonds is 0. The van der Waals surface area contributed by atoms with Gasteiger partial charge in [-0.25, -0.2) is 0 Å². The van der Waals surface area contributed by atoms with E-state index in [4.69, 9.17) is 0 Å². The Kier molecular flexibility index (Phi) is 2.58. The van der Waals surface area contributed by atoms with Gasteiger partial charge in [-0.1, -0.05) is 26.8 Å². The topological polar surface area (TPSA) is 0 Å². The number of hydrogen-bond donors (Lipinski definition) is 0. The van der Waals surface area contributed by atoms with Crippen LogP contribution in [0.2, 0.25) is 0 Å². The first kappa shape index (κ1) is 9.04. The third-order valence-corrected chi connectivity index (χ3v) is 2.25. The zero-order valence-corrected chi connectivity index (χ0v) is 9.27. The van der Waals surface area contributed by atoms with Gasteiger partial charge in [-0.15, -0.1) is 0 Å². The van der Waals surface area contributed by atoms with Crippen molar-refractivity contribution in [2.75, 3.05) is 0 Å². The van der Waals surface area contributed by atoms with Gasteiger partial charge in [0, 0.05) is 3.57 Å². The van der Waals surface area contributed by atoms with Gasteiger partial charge in [0.1, 0.15) is 0 Å². The first-order valence-corrected chi connectivity index (χ1v) is 4.76. The van der Waals surface area contributed by atoms with Crippen molar-refractivity contribution in [3.8, 4) is 0 Å². The van der Waals surface area contributed by atoms with E-state index >= 15 is 0 Å². The van der Waals surface area contributed by atoms with Gasteiger partial charge in [-0.2, -0.15) is 0 Å². The SMILES string of the molecule is CC(C)(C)c1[c]cc(I)cc1. The molecule has 0 aliphatic carbocycles. The number of hydrogen-bond acceptors (Lipinski definition) is 0. The van der Waals surface area contributed by atoms with Crippen LogP contribution in [-0.4, -0.2) is 0 Å². The molecule has 0 aliphatic heterocycles. The lowest BCUT2D eigenvalue weighted by atomic mass is 9.87. The molecular formula is C10H12I. The highest BCUT2D eigenvalue weighted by Gasteiger charge is 2.12. The molecule has 0 saturated carbocycles. The van der Waals surface area contributed by atoms with Crippen molar-refractivity contribution in [1.82, 2.24) is 0 Å². The summed E-state index contributed by atoms with van der Waals surface area (Å²) in [5, 5.41) is 0. The zero-order valence-electron chi connectivity index (χ0n) is 7.11. The largest absolute Gasteiger partial charge is 0.0568 e. The van der Waals surface area contributed by atoms with Gasteiger partial charge in [0.2, 0.25) is 0 Å². The van der Waals surface area contributed by atoms with Gasteiger partial charge in [0.15, 0.2) is 0 Å². The summed E-state index contributed by atoms with van der Waals surface area (Å²) in [7, 11) is 0. The van der Waals surface area contributed by atoms with Crippen molar-refractivity contribution in [1.29, 1.82) is 0 Å². The third-order valence-electron chi connectivity index (χ3n) is 1.58. The summed E-state index contributed by atoms with van der Waals surface area (Å²) in [6.07, 6.45) is 0. The molecular weight excluding hydrogens is 247 g/mol. The summed E-state index contributed by atoms with van der Waals surface area (Å²) >= 11 is 2.29. The molecule has 11 heavy (non-hydrogen) atoms. The highest BCUT2D eigenvalue weighted by Crippen LogP contribution is 2.21. The second kappa shape index (κ2) is 3.13. The average molecular weight is 259 g/mol. The molecule has 0 fully saturated rings. The molecule has 59 valence electrons. The fraction of sp³-hybridized carbons (Fsp3) is 0.400. The lowest BCUT2D eigenvalue weighted by Gasteiger charge is -2.18. The summed E-state index contributed by atoms with van der Waals surface area (Å²) in [6.45, 7) is 6.60. The molecule has 1 heteroatoms. The average Bonchev–Trinajstić information content (AvgIpc) is 1.86. The summed E-state index contributed by atoms with van der Waals surface area (Å²) in [6, 6.07) is 9.56. The maximum Gasteiger partial charge on any atom is 0.0136 e. The molecule has 0 unspecified atom stereocenters. The van der Waals surface area contributed by atoms with Crippen LogP contribution in [0.3, 0.4) is 0 Å². The van der Waals surface area contributed by atoms with Crippen LogP contribution in [0.5, 0.6) is 0 Å². The third kappa shape index (κ3) is 2.47. The van der Waals surface area contributed by atoms with E-state index in [2.05, 4.69) is 61.6 Å². The maximum atomic E-state index is 3.27. The monoisotopic (exact) mass is 259 g/mol. The number of halogens is 1. The summed E-state index contributed by atoms with van der Waals surface area (Å²) in [5.74, 6) is 0. The molecule has 0 aliphatic rings. The van der Waals surface area contributed by atoms with Gasteiger partial charge in [-0.3, -0.25) is 0 Å². The van der Waals surface area contributed by atoms with E-state index in [1.165, 1.54) is 9.13 Å². The molecule has 0 amide bonds. The Labute approximate surface area is 82.2 Å². The van der Waals surface area contributed by atoms with E-state index in [0.29, 0.717) is 0 Å². The Hall–Kier alpha value is -0.0500. The maximum absolute atomic E-state index is 3.27. The molecule has 0 aromatic heterocycles. The van der Waals surface area contributed by atoms with Gasteiger partial charge < -0.3 is 0 Å². The van der Waals surface area contributed by atoms with Gasteiger partial charge >= 0.3 is 0 Å². The Morgan fingerprint density at radius 3 is 2.27 bits per heavy atom. The smallest absolute Gasteiger partial charge is 0.0136 e.